The molecular weight excluding hydrogens is 528 g/mol. The van der Waals surface area contributed by atoms with Crippen LogP contribution in [0.15, 0.2) is 22.0 Å². The van der Waals surface area contributed by atoms with Gasteiger partial charge in [-0.25, -0.2) is 0 Å². The van der Waals surface area contributed by atoms with Crippen LogP contribution in [0.4, 0.5) is 0 Å². The maximum atomic E-state index is 12.6. The van der Waals surface area contributed by atoms with Crippen LogP contribution in [-0.2, 0) is 18.6 Å². The molecule has 0 aromatic rings. The minimum Gasteiger partial charge on any atom is -0.456 e. The minimum absolute atomic E-state index is 0.0456. The summed E-state index contributed by atoms with van der Waals surface area (Å²) >= 11 is 0. The molecule has 4 aliphatic rings. The molecule has 3 saturated carbocycles. The van der Waals surface area contributed by atoms with Gasteiger partial charge in [-0.15, -0.1) is 0 Å². The van der Waals surface area contributed by atoms with Crippen LogP contribution >= 0.6 is 0 Å². The second-order valence-corrected chi connectivity index (χ2v) is 23.6. The summed E-state index contributed by atoms with van der Waals surface area (Å²) in [6.07, 6.45) is 7.68. The molecule has 0 bridgehead atoms. The Morgan fingerprint density at radius 1 is 1.00 bits per heavy atom. The van der Waals surface area contributed by atoms with E-state index in [-0.39, 0.29) is 17.3 Å². The highest BCUT2D eigenvalue weighted by Gasteiger charge is 2.67. The standard InChI is InChI=1S/C23H34N2O5.C6H18OSi2/c1-21-9-7-15(24-29-3)11-14(21)5-6-16-17-8-10-23(28,19(27)13-26)22(17,2)12-18(20(16)21)25-30-4;1-8(2,3)7-9(4,5)6/h11,16-17,20,26,28H,5-10,12-13H2,1-4H3;1-6H3. The van der Waals surface area contributed by atoms with Crippen LogP contribution in [0.2, 0.25) is 39.3 Å². The van der Waals surface area contributed by atoms with Gasteiger partial charge in [0.25, 0.3) is 0 Å². The van der Waals surface area contributed by atoms with Crippen molar-refractivity contribution in [2.75, 3.05) is 20.8 Å². The Morgan fingerprint density at radius 3 is 2.13 bits per heavy atom. The zero-order valence-electron chi connectivity index (χ0n) is 25.9. The first kappa shape index (κ1) is 32.2. The van der Waals surface area contributed by atoms with E-state index in [0.717, 1.165) is 43.5 Å². The second kappa shape index (κ2) is 11.5. The third kappa shape index (κ3) is 6.29. The third-order valence-corrected chi connectivity index (χ3v) is 14.4. The van der Waals surface area contributed by atoms with Crippen molar-refractivity contribution in [2.45, 2.75) is 104 Å². The van der Waals surface area contributed by atoms with Gasteiger partial charge >= 0.3 is 0 Å². The number of oxime groups is 2. The average Bonchev–Trinajstić information content (AvgIpc) is 3.08. The van der Waals surface area contributed by atoms with E-state index < -0.39 is 40.0 Å². The molecule has 6 unspecified atom stereocenters. The number of carbonyl (C=O) groups is 1. The highest BCUT2D eigenvalue weighted by molar-refractivity contribution is 6.83. The Kier molecular flexibility index (Phi) is 9.49. The molecule has 0 heterocycles. The molecule has 2 N–H and O–H groups in total. The molecule has 8 nitrogen and oxygen atoms in total. The monoisotopic (exact) mass is 580 g/mol. The number of aliphatic hydroxyl groups excluding tert-OH is 1. The van der Waals surface area contributed by atoms with Crippen molar-refractivity contribution >= 4 is 33.8 Å². The molecule has 39 heavy (non-hydrogen) atoms. The Labute approximate surface area is 237 Å². The molecule has 3 fully saturated rings. The molecule has 0 radical (unpaired) electrons. The van der Waals surface area contributed by atoms with E-state index >= 15 is 0 Å². The number of allylic oxidation sites excluding steroid dienone is 2. The average molecular weight is 581 g/mol. The van der Waals surface area contributed by atoms with Crippen molar-refractivity contribution in [3.05, 3.63) is 11.6 Å². The molecule has 0 spiro atoms. The Bertz CT molecular complexity index is 1000. The normalized spacial score (nSPS) is 38.2. The Hall–Kier alpha value is -1.34. The molecule has 4 aliphatic carbocycles. The maximum Gasteiger partial charge on any atom is 0.190 e. The molecule has 0 aliphatic heterocycles. The number of rotatable bonds is 6. The number of nitrogens with zero attached hydrogens (tertiary/aromatic N) is 2. The molecule has 0 aromatic carbocycles. The fraction of sp³-hybridized carbons (Fsp3) is 0.828. The van der Waals surface area contributed by atoms with E-state index in [4.69, 9.17) is 13.8 Å². The van der Waals surface area contributed by atoms with Gasteiger partial charge in [-0.3, -0.25) is 4.79 Å². The number of ketones is 1. The molecule has 10 heteroatoms. The maximum absolute atomic E-state index is 12.6. The van der Waals surface area contributed by atoms with Crippen LogP contribution < -0.4 is 0 Å². The van der Waals surface area contributed by atoms with Gasteiger partial charge in [0, 0.05) is 11.3 Å². The summed E-state index contributed by atoms with van der Waals surface area (Å²) in [6.45, 7) is 17.2. The first-order valence-corrected chi connectivity index (χ1v) is 21.2. The number of Topliss-reactive ketones (excluding diaryl/α,β-unsaturated/α-hetero) is 1. The van der Waals surface area contributed by atoms with Gasteiger partial charge in [0.15, 0.2) is 22.4 Å². The van der Waals surface area contributed by atoms with Gasteiger partial charge in [0.2, 0.25) is 0 Å². The van der Waals surface area contributed by atoms with E-state index in [1.807, 2.05) is 6.92 Å². The first-order valence-electron chi connectivity index (χ1n) is 14.4. The number of hydrogen-bond donors (Lipinski definition) is 2. The van der Waals surface area contributed by atoms with Crippen LogP contribution in [-0.4, -0.2) is 70.5 Å². The highest BCUT2D eigenvalue weighted by atomic mass is 28.4. The van der Waals surface area contributed by atoms with Crippen molar-refractivity contribution in [3.63, 3.8) is 0 Å². The summed E-state index contributed by atoms with van der Waals surface area (Å²) < 4.78 is 5.90. The molecule has 0 saturated heterocycles. The van der Waals surface area contributed by atoms with Gasteiger partial charge < -0.3 is 24.0 Å². The number of aliphatic hydroxyl groups is 2. The predicted molar refractivity (Wildman–Crippen MR) is 161 cm³/mol. The van der Waals surface area contributed by atoms with Crippen molar-refractivity contribution < 1.29 is 28.8 Å². The Balaban J connectivity index is 0.000000403. The van der Waals surface area contributed by atoms with Crippen molar-refractivity contribution in [3.8, 4) is 0 Å². The van der Waals surface area contributed by atoms with Crippen LogP contribution in [0.25, 0.3) is 0 Å². The highest BCUT2D eigenvalue weighted by Crippen LogP contribution is 2.66. The second-order valence-electron chi connectivity index (χ2n) is 14.3. The van der Waals surface area contributed by atoms with Crippen LogP contribution in [0.1, 0.15) is 58.8 Å². The van der Waals surface area contributed by atoms with Crippen LogP contribution in [0.3, 0.4) is 0 Å². The van der Waals surface area contributed by atoms with E-state index in [9.17, 15) is 15.0 Å². The Morgan fingerprint density at radius 2 is 1.62 bits per heavy atom. The van der Waals surface area contributed by atoms with E-state index in [1.165, 1.54) is 5.57 Å². The van der Waals surface area contributed by atoms with Crippen molar-refractivity contribution in [2.24, 2.45) is 38.9 Å². The van der Waals surface area contributed by atoms with Gasteiger partial charge in [-0.05, 0) is 108 Å². The largest absolute Gasteiger partial charge is 0.456 e. The number of fused-ring (bicyclic) bond motifs is 5. The smallest absolute Gasteiger partial charge is 0.190 e. The van der Waals surface area contributed by atoms with E-state index in [2.05, 4.69) is 62.6 Å². The number of hydrogen-bond acceptors (Lipinski definition) is 8. The lowest BCUT2D eigenvalue weighted by molar-refractivity contribution is -0.157. The molecule has 0 aromatic heterocycles. The quantitative estimate of drug-likeness (QED) is 0.316. The topological polar surface area (TPSA) is 110 Å². The molecular formula is C29H52N2O6Si2. The summed E-state index contributed by atoms with van der Waals surface area (Å²) in [5, 5.41) is 29.6. The lowest BCUT2D eigenvalue weighted by Gasteiger charge is -2.58. The summed E-state index contributed by atoms with van der Waals surface area (Å²) in [7, 11) is 0.676. The van der Waals surface area contributed by atoms with Crippen molar-refractivity contribution in [1.29, 1.82) is 0 Å². The minimum atomic E-state index is -1.51. The van der Waals surface area contributed by atoms with E-state index in [1.54, 1.807) is 14.2 Å². The summed E-state index contributed by atoms with van der Waals surface area (Å²) in [5.41, 5.74) is 1.12. The summed E-state index contributed by atoms with van der Waals surface area (Å²) in [4.78, 5) is 22.9. The predicted octanol–water partition coefficient (Wildman–Crippen LogP) is 5.53. The zero-order chi connectivity index (χ0) is 29.4. The molecule has 222 valence electrons. The zero-order valence-corrected chi connectivity index (χ0v) is 27.9. The van der Waals surface area contributed by atoms with Gasteiger partial charge in [0.05, 0.1) is 11.4 Å². The fourth-order valence-corrected chi connectivity index (χ4v) is 15.7. The molecule has 0 amide bonds. The van der Waals surface area contributed by atoms with Crippen molar-refractivity contribution in [1.82, 2.24) is 0 Å². The number of carbonyl (C=O) groups excluding carboxylic acids is 1. The van der Waals surface area contributed by atoms with Crippen LogP contribution in [0, 0.1) is 28.6 Å². The van der Waals surface area contributed by atoms with Gasteiger partial charge in [0.1, 0.15) is 26.4 Å². The molecule has 4 rings (SSSR count). The molecule has 6 atom stereocenters. The van der Waals surface area contributed by atoms with Gasteiger partial charge in [-0.2, -0.15) is 0 Å². The van der Waals surface area contributed by atoms with E-state index in [0.29, 0.717) is 18.8 Å². The summed E-state index contributed by atoms with van der Waals surface area (Å²) in [5.74, 6) is 0.280. The van der Waals surface area contributed by atoms with Gasteiger partial charge in [-0.1, -0.05) is 29.7 Å². The first-order chi connectivity index (χ1) is 18.0. The fourth-order valence-electron chi connectivity index (χ4n) is 8.34. The lowest BCUT2D eigenvalue weighted by atomic mass is 9.45. The lowest BCUT2D eigenvalue weighted by Crippen LogP contribution is -2.61. The summed E-state index contributed by atoms with van der Waals surface area (Å²) in [6, 6.07) is 0. The SMILES string of the molecule is CON=C1C=C2CCC3C(C(=NOC)CC4(C)C3CCC4(O)C(=O)CO)C2(C)CC1.C[Si](C)(C)O[Si](C)(C)C. The third-order valence-electron chi connectivity index (χ3n) is 9.48. The van der Waals surface area contributed by atoms with Crippen LogP contribution in [0.5, 0.6) is 0 Å².